The highest BCUT2D eigenvalue weighted by molar-refractivity contribution is 7.99. The topological polar surface area (TPSA) is 35.8 Å². The molecule has 1 aliphatic carbocycles. The third kappa shape index (κ3) is 4.40. The maximum Gasteiger partial charge on any atom is 0.405 e. The summed E-state index contributed by atoms with van der Waals surface area (Å²) >= 11 is 1.79. The Bertz CT molecular complexity index is 275. The summed E-state index contributed by atoms with van der Waals surface area (Å²) in [5.41, 5.74) is 0. The number of rotatable bonds is 5. The van der Waals surface area contributed by atoms with Gasteiger partial charge in [0.15, 0.2) is 5.92 Å². The molecule has 3 unspecified atom stereocenters. The van der Waals surface area contributed by atoms with Crippen molar-refractivity contribution in [3.8, 4) is 6.07 Å². The Balaban J connectivity index is 2.41. The van der Waals surface area contributed by atoms with E-state index >= 15 is 0 Å². The predicted molar refractivity (Wildman–Crippen MR) is 62.7 cm³/mol. The van der Waals surface area contributed by atoms with Crippen LogP contribution in [0.5, 0.6) is 0 Å². The maximum atomic E-state index is 12.4. The van der Waals surface area contributed by atoms with Gasteiger partial charge in [-0.05, 0) is 18.6 Å². The Labute approximate surface area is 104 Å². The average molecular weight is 266 g/mol. The molecule has 0 amide bonds. The second kappa shape index (κ2) is 6.50. The number of hydrogen-bond acceptors (Lipinski definition) is 3. The lowest BCUT2D eigenvalue weighted by Crippen LogP contribution is -2.40. The Kier molecular flexibility index (Phi) is 5.60. The minimum absolute atomic E-state index is 0.123. The molecule has 98 valence electrons. The zero-order chi connectivity index (χ0) is 12.9. The van der Waals surface area contributed by atoms with E-state index < -0.39 is 12.1 Å². The molecule has 2 nitrogen and oxygen atoms in total. The van der Waals surface area contributed by atoms with Crippen molar-refractivity contribution in [1.82, 2.24) is 5.32 Å². The van der Waals surface area contributed by atoms with Gasteiger partial charge in [0.25, 0.3) is 0 Å². The van der Waals surface area contributed by atoms with Crippen LogP contribution in [0.2, 0.25) is 0 Å². The Morgan fingerprint density at radius 3 is 2.71 bits per heavy atom. The fourth-order valence-corrected chi connectivity index (χ4v) is 3.30. The van der Waals surface area contributed by atoms with Crippen LogP contribution in [-0.2, 0) is 0 Å². The summed E-state index contributed by atoms with van der Waals surface area (Å²) in [6.45, 7) is 1.76. The van der Waals surface area contributed by atoms with Crippen molar-refractivity contribution in [2.24, 2.45) is 5.92 Å². The number of halogens is 3. The van der Waals surface area contributed by atoms with E-state index in [1.165, 1.54) is 6.07 Å². The summed E-state index contributed by atoms with van der Waals surface area (Å²) < 4.78 is 37.1. The fourth-order valence-electron chi connectivity index (χ4n) is 2.08. The predicted octanol–water partition coefficient (Wildman–Crippen LogP) is 2.95. The van der Waals surface area contributed by atoms with E-state index in [1.807, 2.05) is 6.92 Å². The summed E-state index contributed by atoms with van der Waals surface area (Å²) in [4.78, 5) is 0. The summed E-state index contributed by atoms with van der Waals surface area (Å²) in [5, 5.41) is 11.8. The van der Waals surface area contributed by atoms with Crippen LogP contribution in [0.3, 0.4) is 0 Å². The van der Waals surface area contributed by atoms with E-state index in [1.54, 1.807) is 11.8 Å². The van der Waals surface area contributed by atoms with Gasteiger partial charge in [-0.2, -0.15) is 30.2 Å². The van der Waals surface area contributed by atoms with E-state index in [0.717, 1.165) is 25.0 Å². The quantitative estimate of drug-likeness (QED) is 0.831. The highest BCUT2D eigenvalue weighted by Crippen LogP contribution is 2.31. The first-order valence-electron chi connectivity index (χ1n) is 5.80. The average Bonchev–Trinajstić information content (AvgIpc) is 2.65. The van der Waals surface area contributed by atoms with E-state index in [9.17, 15) is 13.2 Å². The molecule has 1 aliphatic rings. The van der Waals surface area contributed by atoms with Gasteiger partial charge in [-0.1, -0.05) is 13.3 Å². The van der Waals surface area contributed by atoms with E-state index in [2.05, 4.69) is 5.32 Å². The van der Waals surface area contributed by atoms with E-state index in [0.29, 0.717) is 5.25 Å². The first-order valence-corrected chi connectivity index (χ1v) is 6.85. The lowest BCUT2D eigenvalue weighted by atomic mass is 10.1. The summed E-state index contributed by atoms with van der Waals surface area (Å²) in [6.07, 6.45) is -1.40. The second-order valence-electron chi connectivity index (χ2n) is 4.16. The molecule has 3 atom stereocenters. The number of hydrogen-bond donors (Lipinski definition) is 1. The molecule has 1 rings (SSSR count). The van der Waals surface area contributed by atoms with Gasteiger partial charge in [-0.25, -0.2) is 0 Å². The third-order valence-electron chi connectivity index (χ3n) is 2.97. The molecule has 0 radical (unpaired) electrons. The van der Waals surface area contributed by atoms with Gasteiger partial charge in [0.05, 0.1) is 6.07 Å². The second-order valence-corrected chi connectivity index (χ2v) is 5.68. The van der Waals surface area contributed by atoms with Gasteiger partial charge >= 0.3 is 6.18 Å². The molecule has 0 spiro atoms. The molecule has 0 heterocycles. The maximum absolute atomic E-state index is 12.4. The molecule has 17 heavy (non-hydrogen) atoms. The van der Waals surface area contributed by atoms with Crippen LogP contribution in [0.25, 0.3) is 0 Å². The van der Waals surface area contributed by atoms with Crippen molar-refractivity contribution in [2.75, 3.05) is 12.3 Å². The van der Waals surface area contributed by atoms with Gasteiger partial charge in [0, 0.05) is 17.8 Å². The number of thioether (sulfide) groups is 1. The van der Waals surface area contributed by atoms with Crippen LogP contribution in [-0.4, -0.2) is 29.8 Å². The summed E-state index contributed by atoms with van der Waals surface area (Å²) in [5.74, 6) is -0.917. The largest absolute Gasteiger partial charge is 0.405 e. The van der Waals surface area contributed by atoms with Crippen molar-refractivity contribution >= 4 is 11.8 Å². The molecular formula is C11H17F3N2S. The minimum Gasteiger partial charge on any atom is -0.311 e. The third-order valence-corrected chi connectivity index (χ3v) is 4.29. The number of alkyl halides is 3. The van der Waals surface area contributed by atoms with Crippen molar-refractivity contribution in [2.45, 2.75) is 43.7 Å². The number of nitrogens with one attached hydrogen (secondary N) is 1. The van der Waals surface area contributed by atoms with Crippen molar-refractivity contribution in [3.63, 3.8) is 0 Å². The normalized spacial score (nSPS) is 26.8. The molecule has 0 bridgehead atoms. The Morgan fingerprint density at radius 2 is 2.18 bits per heavy atom. The molecule has 0 aliphatic heterocycles. The van der Waals surface area contributed by atoms with Crippen LogP contribution >= 0.6 is 11.8 Å². The van der Waals surface area contributed by atoms with Crippen LogP contribution < -0.4 is 5.32 Å². The monoisotopic (exact) mass is 266 g/mol. The zero-order valence-corrected chi connectivity index (χ0v) is 10.6. The van der Waals surface area contributed by atoms with Crippen LogP contribution in [0.4, 0.5) is 13.2 Å². The van der Waals surface area contributed by atoms with E-state index in [-0.39, 0.29) is 12.6 Å². The molecule has 1 saturated carbocycles. The first kappa shape index (κ1) is 14.7. The van der Waals surface area contributed by atoms with Gasteiger partial charge in [-0.3, -0.25) is 0 Å². The van der Waals surface area contributed by atoms with Crippen LogP contribution in [0, 0.1) is 17.2 Å². The zero-order valence-electron chi connectivity index (χ0n) is 9.76. The molecule has 0 aromatic heterocycles. The van der Waals surface area contributed by atoms with Gasteiger partial charge in [-0.15, -0.1) is 0 Å². The summed E-state index contributed by atoms with van der Waals surface area (Å²) in [6, 6.07) is 1.44. The van der Waals surface area contributed by atoms with Gasteiger partial charge in [0.1, 0.15) is 0 Å². The molecular weight excluding hydrogens is 249 g/mol. The lowest BCUT2D eigenvalue weighted by molar-refractivity contribution is -0.157. The van der Waals surface area contributed by atoms with Crippen LogP contribution in [0.15, 0.2) is 0 Å². The smallest absolute Gasteiger partial charge is 0.311 e. The fraction of sp³-hybridized carbons (Fsp3) is 0.909. The SMILES string of the molecule is CCSC1CCCC1NCC(C#N)C(F)(F)F. The number of nitrogens with zero attached hydrogens (tertiary/aromatic N) is 1. The molecule has 0 saturated heterocycles. The molecule has 1 N–H and O–H groups in total. The molecule has 6 heteroatoms. The van der Waals surface area contributed by atoms with Crippen molar-refractivity contribution < 1.29 is 13.2 Å². The van der Waals surface area contributed by atoms with E-state index in [4.69, 9.17) is 5.26 Å². The first-order chi connectivity index (χ1) is 7.99. The van der Waals surface area contributed by atoms with Gasteiger partial charge in [0.2, 0.25) is 0 Å². The standard InChI is InChI=1S/C11H17F3N2S/c1-2-17-10-5-3-4-9(10)16-7-8(6-15)11(12,13)14/h8-10,16H,2-5,7H2,1H3. The number of nitriles is 1. The molecule has 0 aromatic rings. The molecule has 0 aromatic carbocycles. The lowest BCUT2D eigenvalue weighted by Gasteiger charge is -2.22. The van der Waals surface area contributed by atoms with Crippen molar-refractivity contribution in [1.29, 1.82) is 5.26 Å². The highest BCUT2D eigenvalue weighted by Gasteiger charge is 2.40. The minimum atomic E-state index is -4.42. The van der Waals surface area contributed by atoms with Crippen molar-refractivity contribution in [3.05, 3.63) is 0 Å². The Hall–Kier alpha value is -0.410. The van der Waals surface area contributed by atoms with Gasteiger partial charge < -0.3 is 5.32 Å². The summed E-state index contributed by atoms with van der Waals surface area (Å²) in [7, 11) is 0. The van der Waals surface area contributed by atoms with Crippen LogP contribution in [0.1, 0.15) is 26.2 Å². The highest BCUT2D eigenvalue weighted by atomic mass is 32.2. The Morgan fingerprint density at radius 1 is 1.47 bits per heavy atom. The molecule has 1 fully saturated rings.